The summed E-state index contributed by atoms with van der Waals surface area (Å²) >= 11 is 0. The van der Waals surface area contributed by atoms with Crippen LogP contribution < -0.4 is 4.74 Å². The van der Waals surface area contributed by atoms with Gasteiger partial charge in [-0.3, -0.25) is 0 Å². The van der Waals surface area contributed by atoms with E-state index in [-0.39, 0.29) is 5.82 Å². The second kappa shape index (κ2) is 8.30. The monoisotopic (exact) mass is 426 g/mol. The van der Waals surface area contributed by atoms with Gasteiger partial charge in [0, 0.05) is 29.6 Å². The van der Waals surface area contributed by atoms with E-state index in [2.05, 4.69) is 6.92 Å². The molecular formula is C26H23FN4O. The summed E-state index contributed by atoms with van der Waals surface area (Å²) in [5.41, 5.74) is 5.30. The zero-order valence-corrected chi connectivity index (χ0v) is 18.0. The van der Waals surface area contributed by atoms with Crippen molar-refractivity contribution in [2.24, 2.45) is 0 Å². The molecule has 0 aliphatic heterocycles. The molecule has 0 unspecified atom stereocenters. The summed E-state index contributed by atoms with van der Waals surface area (Å²) < 4.78 is 23.1. The van der Waals surface area contributed by atoms with Gasteiger partial charge in [-0.1, -0.05) is 19.1 Å². The van der Waals surface area contributed by atoms with Crippen molar-refractivity contribution >= 4 is 5.65 Å². The third-order valence-electron chi connectivity index (χ3n) is 5.38. The van der Waals surface area contributed by atoms with Crippen LogP contribution >= 0.6 is 0 Å². The highest BCUT2D eigenvalue weighted by Gasteiger charge is 2.18. The molecular weight excluding hydrogens is 403 g/mol. The molecule has 5 aromatic rings. The lowest BCUT2D eigenvalue weighted by atomic mass is 10.1. The minimum atomic E-state index is -0.271. The van der Waals surface area contributed by atoms with Crippen molar-refractivity contribution in [3.05, 3.63) is 90.6 Å². The van der Waals surface area contributed by atoms with Crippen LogP contribution in [0.1, 0.15) is 19.0 Å². The fourth-order valence-corrected chi connectivity index (χ4v) is 3.83. The van der Waals surface area contributed by atoms with Gasteiger partial charge in [0.05, 0.1) is 18.0 Å². The smallest absolute Gasteiger partial charge is 0.166 e. The number of aromatic nitrogens is 4. The van der Waals surface area contributed by atoms with E-state index in [9.17, 15) is 4.39 Å². The molecule has 0 atom stereocenters. The quantitative estimate of drug-likeness (QED) is 0.330. The molecule has 5 nitrogen and oxygen atoms in total. The van der Waals surface area contributed by atoms with Crippen LogP contribution in [0.5, 0.6) is 5.75 Å². The summed E-state index contributed by atoms with van der Waals surface area (Å²) in [5, 5.41) is 4.80. The summed E-state index contributed by atoms with van der Waals surface area (Å²) in [5.74, 6) is 1.34. The number of rotatable bonds is 6. The average molecular weight is 426 g/mol. The zero-order valence-electron chi connectivity index (χ0n) is 18.0. The fraction of sp³-hybridized carbons (Fsp3) is 0.154. The third-order valence-corrected chi connectivity index (χ3v) is 5.38. The molecule has 0 bridgehead atoms. The lowest BCUT2D eigenvalue weighted by Gasteiger charge is -2.10. The Morgan fingerprint density at radius 3 is 2.31 bits per heavy atom. The van der Waals surface area contributed by atoms with Crippen LogP contribution in [0.3, 0.4) is 0 Å². The number of hydrogen-bond acceptors (Lipinski definition) is 3. The number of benzene rings is 2. The molecule has 0 aliphatic rings. The van der Waals surface area contributed by atoms with Crippen molar-refractivity contribution in [1.29, 1.82) is 0 Å². The van der Waals surface area contributed by atoms with Crippen LogP contribution in [0.4, 0.5) is 4.39 Å². The van der Waals surface area contributed by atoms with E-state index in [1.54, 1.807) is 12.1 Å². The zero-order chi connectivity index (χ0) is 22.1. The van der Waals surface area contributed by atoms with E-state index < -0.39 is 0 Å². The minimum Gasteiger partial charge on any atom is -0.494 e. The van der Waals surface area contributed by atoms with Gasteiger partial charge >= 0.3 is 0 Å². The maximum atomic E-state index is 13.6. The first kappa shape index (κ1) is 20.0. The molecule has 0 radical (unpaired) electrons. The molecule has 5 rings (SSSR count). The van der Waals surface area contributed by atoms with Gasteiger partial charge in [0.1, 0.15) is 17.4 Å². The first-order valence-corrected chi connectivity index (χ1v) is 10.7. The van der Waals surface area contributed by atoms with Crippen molar-refractivity contribution in [1.82, 2.24) is 19.2 Å². The van der Waals surface area contributed by atoms with Crippen LogP contribution in [-0.4, -0.2) is 25.8 Å². The van der Waals surface area contributed by atoms with Crippen LogP contribution in [0, 0.1) is 12.7 Å². The predicted molar refractivity (Wildman–Crippen MR) is 124 cm³/mol. The van der Waals surface area contributed by atoms with Gasteiger partial charge in [-0.2, -0.15) is 5.10 Å². The Morgan fingerprint density at radius 1 is 0.938 bits per heavy atom. The SMILES string of the molecule is CCCOc1ccc(-c2c(C)nn3c(-c4ccc(F)cc4)cc(-n4cccc4)nc23)cc1. The second-order valence-corrected chi connectivity index (χ2v) is 7.67. The minimum absolute atomic E-state index is 0.271. The Balaban J connectivity index is 1.71. The Labute approximate surface area is 185 Å². The summed E-state index contributed by atoms with van der Waals surface area (Å²) in [6.07, 6.45) is 4.87. The largest absolute Gasteiger partial charge is 0.494 e. The summed E-state index contributed by atoms with van der Waals surface area (Å²) in [6.45, 7) is 4.76. The predicted octanol–water partition coefficient (Wildman–Crippen LogP) is 6.09. The Kier molecular flexibility index (Phi) is 5.19. The van der Waals surface area contributed by atoms with Gasteiger partial charge in [0.25, 0.3) is 0 Å². The molecule has 6 heteroatoms. The van der Waals surface area contributed by atoms with Gasteiger partial charge in [-0.25, -0.2) is 13.9 Å². The molecule has 0 saturated carbocycles. The lowest BCUT2D eigenvalue weighted by molar-refractivity contribution is 0.317. The van der Waals surface area contributed by atoms with Crippen molar-refractivity contribution < 1.29 is 9.13 Å². The highest BCUT2D eigenvalue weighted by molar-refractivity contribution is 5.82. The first-order valence-electron chi connectivity index (χ1n) is 10.7. The molecule has 0 saturated heterocycles. The van der Waals surface area contributed by atoms with Gasteiger partial charge in [-0.15, -0.1) is 0 Å². The van der Waals surface area contributed by atoms with Crippen molar-refractivity contribution in [2.75, 3.05) is 6.61 Å². The van der Waals surface area contributed by atoms with E-state index in [1.807, 2.05) is 70.9 Å². The third kappa shape index (κ3) is 3.64. The Hall–Kier alpha value is -3.93. The van der Waals surface area contributed by atoms with Gasteiger partial charge in [0.2, 0.25) is 0 Å². The highest BCUT2D eigenvalue weighted by atomic mass is 19.1. The number of hydrogen-bond donors (Lipinski definition) is 0. The average Bonchev–Trinajstić information content (AvgIpc) is 3.46. The maximum absolute atomic E-state index is 13.6. The van der Waals surface area contributed by atoms with E-state index >= 15 is 0 Å². The molecule has 3 aromatic heterocycles. The summed E-state index contributed by atoms with van der Waals surface area (Å²) in [7, 11) is 0. The maximum Gasteiger partial charge on any atom is 0.166 e. The standard InChI is InChI=1S/C26H23FN4O/c1-3-16-32-22-12-8-20(9-13-22)25-18(2)29-31-23(19-6-10-21(27)11-7-19)17-24(28-26(25)31)30-14-4-5-15-30/h4-15,17H,3,16H2,1-2H3. The number of ether oxygens (including phenoxy) is 1. The van der Waals surface area contributed by atoms with E-state index in [0.717, 1.165) is 51.7 Å². The Bertz CT molecular complexity index is 1350. The molecule has 0 spiro atoms. The molecule has 3 heterocycles. The van der Waals surface area contributed by atoms with Gasteiger partial charge in [-0.05, 0) is 67.4 Å². The first-order chi connectivity index (χ1) is 15.6. The van der Waals surface area contributed by atoms with Crippen molar-refractivity contribution in [3.63, 3.8) is 0 Å². The highest BCUT2D eigenvalue weighted by Crippen LogP contribution is 2.32. The molecule has 160 valence electrons. The molecule has 0 amide bonds. The lowest BCUT2D eigenvalue weighted by Crippen LogP contribution is -2.02. The molecule has 0 N–H and O–H groups in total. The number of aryl methyl sites for hydroxylation is 1. The van der Waals surface area contributed by atoms with Crippen LogP contribution in [0.2, 0.25) is 0 Å². The fourth-order valence-electron chi connectivity index (χ4n) is 3.83. The van der Waals surface area contributed by atoms with E-state index in [4.69, 9.17) is 14.8 Å². The van der Waals surface area contributed by atoms with Crippen molar-refractivity contribution in [3.8, 4) is 34.0 Å². The Morgan fingerprint density at radius 2 is 1.62 bits per heavy atom. The summed E-state index contributed by atoms with van der Waals surface area (Å²) in [6, 6.07) is 20.4. The number of halogens is 1. The molecule has 0 fully saturated rings. The molecule has 32 heavy (non-hydrogen) atoms. The van der Waals surface area contributed by atoms with Gasteiger partial charge < -0.3 is 9.30 Å². The molecule has 2 aromatic carbocycles. The van der Waals surface area contributed by atoms with Crippen LogP contribution in [0.25, 0.3) is 33.8 Å². The van der Waals surface area contributed by atoms with Crippen LogP contribution in [0.15, 0.2) is 79.1 Å². The van der Waals surface area contributed by atoms with Crippen LogP contribution in [-0.2, 0) is 0 Å². The number of fused-ring (bicyclic) bond motifs is 1. The van der Waals surface area contributed by atoms with E-state index in [0.29, 0.717) is 6.61 Å². The normalized spacial score (nSPS) is 11.2. The second-order valence-electron chi connectivity index (χ2n) is 7.67. The summed E-state index contributed by atoms with van der Waals surface area (Å²) in [4.78, 5) is 4.95. The van der Waals surface area contributed by atoms with Crippen molar-refractivity contribution in [2.45, 2.75) is 20.3 Å². The topological polar surface area (TPSA) is 44.4 Å². The number of nitrogens with zero attached hydrogens (tertiary/aromatic N) is 4. The van der Waals surface area contributed by atoms with Gasteiger partial charge in [0.15, 0.2) is 5.65 Å². The van der Waals surface area contributed by atoms with E-state index in [1.165, 1.54) is 12.1 Å². The molecule has 0 aliphatic carbocycles.